The van der Waals surface area contributed by atoms with Gasteiger partial charge in [-0.3, -0.25) is 0 Å². The second kappa shape index (κ2) is 5.48. The lowest BCUT2D eigenvalue weighted by molar-refractivity contribution is -0.137. The number of hydrogen-bond acceptors (Lipinski definition) is 1. The molecule has 0 fully saturated rings. The van der Waals surface area contributed by atoms with E-state index in [0.29, 0.717) is 16.7 Å². The van der Waals surface area contributed by atoms with Crippen molar-refractivity contribution in [3.8, 4) is 0 Å². The largest absolute Gasteiger partial charge is 0.416 e. The SMILES string of the molecule is Cc1cc(F)cc(C)c1C(O)c1cccc(C(F)(F)F)c1. The van der Waals surface area contributed by atoms with Crippen molar-refractivity contribution in [3.05, 3.63) is 70.0 Å². The van der Waals surface area contributed by atoms with Crippen LogP contribution in [0.2, 0.25) is 0 Å². The molecule has 0 spiro atoms. The zero-order valence-electron chi connectivity index (χ0n) is 11.5. The Morgan fingerprint density at radius 2 is 1.57 bits per heavy atom. The van der Waals surface area contributed by atoms with Gasteiger partial charge in [0.2, 0.25) is 0 Å². The third kappa shape index (κ3) is 3.24. The molecule has 0 heterocycles. The molecule has 0 saturated carbocycles. The molecule has 0 bridgehead atoms. The van der Waals surface area contributed by atoms with Gasteiger partial charge in [0.15, 0.2) is 0 Å². The first kappa shape index (κ1) is 15.5. The maximum atomic E-state index is 13.3. The molecule has 1 N–H and O–H groups in total. The summed E-state index contributed by atoms with van der Waals surface area (Å²) >= 11 is 0. The summed E-state index contributed by atoms with van der Waals surface area (Å²) in [5, 5.41) is 10.3. The number of aliphatic hydroxyl groups is 1. The van der Waals surface area contributed by atoms with Crippen LogP contribution < -0.4 is 0 Å². The van der Waals surface area contributed by atoms with Crippen molar-refractivity contribution in [1.82, 2.24) is 0 Å². The van der Waals surface area contributed by atoms with Crippen LogP contribution in [0.3, 0.4) is 0 Å². The van der Waals surface area contributed by atoms with Gasteiger partial charge >= 0.3 is 6.18 Å². The maximum absolute atomic E-state index is 13.3. The first-order chi connectivity index (χ1) is 9.70. The smallest absolute Gasteiger partial charge is 0.384 e. The summed E-state index contributed by atoms with van der Waals surface area (Å²) in [5.74, 6) is -0.440. The third-order valence-electron chi connectivity index (χ3n) is 3.36. The fraction of sp³-hybridized carbons (Fsp3) is 0.250. The lowest BCUT2D eigenvalue weighted by Crippen LogP contribution is -2.09. The highest BCUT2D eigenvalue weighted by Crippen LogP contribution is 2.33. The van der Waals surface area contributed by atoms with Gasteiger partial charge in [0, 0.05) is 0 Å². The van der Waals surface area contributed by atoms with Crippen LogP contribution in [0.25, 0.3) is 0 Å². The fourth-order valence-corrected chi connectivity index (χ4v) is 2.40. The molecule has 0 aromatic heterocycles. The first-order valence-corrected chi connectivity index (χ1v) is 6.32. The Morgan fingerprint density at radius 3 is 2.10 bits per heavy atom. The Bertz CT molecular complexity index is 639. The lowest BCUT2D eigenvalue weighted by Gasteiger charge is -2.18. The number of aliphatic hydroxyl groups excluding tert-OH is 1. The second-order valence-corrected chi connectivity index (χ2v) is 4.98. The molecule has 2 rings (SSSR count). The van der Waals surface area contributed by atoms with E-state index in [-0.39, 0.29) is 5.56 Å². The van der Waals surface area contributed by atoms with E-state index in [2.05, 4.69) is 0 Å². The molecule has 0 saturated heterocycles. The molecule has 1 atom stereocenters. The number of halogens is 4. The van der Waals surface area contributed by atoms with Gasteiger partial charge in [0.1, 0.15) is 11.9 Å². The Hall–Kier alpha value is -1.88. The van der Waals surface area contributed by atoms with E-state index in [1.165, 1.54) is 24.3 Å². The van der Waals surface area contributed by atoms with Gasteiger partial charge in [0.25, 0.3) is 0 Å². The summed E-state index contributed by atoms with van der Waals surface area (Å²) in [6.07, 6.45) is -5.70. The summed E-state index contributed by atoms with van der Waals surface area (Å²) in [4.78, 5) is 0. The number of benzene rings is 2. The average Bonchev–Trinajstić information content (AvgIpc) is 2.36. The van der Waals surface area contributed by atoms with Crippen molar-refractivity contribution < 1.29 is 22.7 Å². The van der Waals surface area contributed by atoms with E-state index >= 15 is 0 Å². The highest BCUT2D eigenvalue weighted by Gasteiger charge is 2.31. The quantitative estimate of drug-likeness (QED) is 0.807. The minimum Gasteiger partial charge on any atom is -0.384 e. The predicted molar refractivity (Wildman–Crippen MR) is 71.4 cm³/mol. The molecule has 1 nitrogen and oxygen atoms in total. The molecule has 21 heavy (non-hydrogen) atoms. The van der Waals surface area contributed by atoms with Gasteiger partial charge in [-0.1, -0.05) is 12.1 Å². The number of hydrogen-bond donors (Lipinski definition) is 1. The highest BCUT2D eigenvalue weighted by atomic mass is 19.4. The van der Waals surface area contributed by atoms with Crippen molar-refractivity contribution in [1.29, 1.82) is 0 Å². The van der Waals surface area contributed by atoms with Gasteiger partial charge in [0.05, 0.1) is 5.56 Å². The monoisotopic (exact) mass is 298 g/mol. The molecule has 0 radical (unpaired) electrons. The standard InChI is InChI=1S/C16H14F4O/c1-9-6-13(17)7-10(2)14(9)15(21)11-4-3-5-12(8-11)16(18,19)20/h3-8,15,21H,1-2H3. The summed E-state index contributed by atoms with van der Waals surface area (Å²) in [7, 11) is 0. The van der Waals surface area contributed by atoms with Crippen molar-refractivity contribution in [2.24, 2.45) is 0 Å². The van der Waals surface area contributed by atoms with Crippen molar-refractivity contribution in [3.63, 3.8) is 0 Å². The Kier molecular flexibility index (Phi) is 4.05. The average molecular weight is 298 g/mol. The molecule has 1 unspecified atom stereocenters. The van der Waals surface area contributed by atoms with Gasteiger partial charge in [-0.15, -0.1) is 0 Å². The van der Waals surface area contributed by atoms with Gasteiger partial charge < -0.3 is 5.11 Å². The van der Waals surface area contributed by atoms with E-state index in [0.717, 1.165) is 12.1 Å². The van der Waals surface area contributed by atoms with Crippen LogP contribution in [0.15, 0.2) is 36.4 Å². The van der Waals surface area contributed by atoms with Crippen molar-refractivity contribution in [2.45, 2.75) is 26.1 Å². The summed E-state index contributed by atoms with van der Waals surface area (Å²) < 4.78 is 51.4. The van der Waals surface area contributed by atoms with Crippen molar-refractivity contribution in [2.75, 3.05) is 0 Å². The zero-order chi connectivity index (χ0) is 15.8. The van der Waals surface area contributed by atoms with E-state index < -0.39 is 23.7 Å². The predicted octanol–water partition coefficient (Wildman–Crippen LogP) is 4.54. The normalized spacial score (nSPS) is 13.3. The molecule has 0 aliphatic heterocycles. The van der Waals surface area contributed by atoms with Gasteiger partial charge in [-0.05, 0) is 60.4 Å². The molecule has 2 aromatic rings. The van der Waals surface area contributed by atoms with Crippen LogP contribution in [-0.4, -0.2) is 5.11 Å². The van der Waals surface area contributed by atoms with Crippen LogP contribution in [0.1, 0.15) is 33.9 Å². The van der Waals surface area contributed by atoms with Gasteiger partial charge in [-0.2, -0.15) is 13.2 Å². The van der Waals surface area contributed by atoms with Crippen LogP contribution in [0, 0.1) is 19.7 Å². The topological polar surface area (TPSA) is 20.2 Å². The van der Waals surface area contributed by atoms with Gasteiger partial charge in [-0.25, -0.2) is 4.39 Å². The van der Waals surface area contributed by atoms with E-state index in [4.69, 9.17) is 0 Å². The number of rotatable bonds is 2. The highest BCUT2D eigenvalue weighted by molar-refractivity contribution is 5.42. The number of aryl methyl sites for hydroxylation is 2. The molecule has 5 heteroatoms. The fourth-order valence-electron chi connectivity index (χ4n) is 2.40. The maximum Gasteiger partial charge on any atom is 0.416 e. The van der Waals surface area contributed by atoms with Crippen LogP contribution >= 0.6 is 0 Å². The van der Waals surface area contributed by atoms with Crippen molar-refractivity contribution >= 4 is 0 Å². The summed E-state index contributed by atoms with van der Waals surface area (Å²) in [5.41, 5.74) is 0.727. The van der Waals surface area contributed by atoms with E-state index in [1.807, 2.05) is 0 Å². The van der Waals surface area contributed by atoms with Crippen LogP contribution in [0.4, 0.5) is 17.6 Å². The molecule has 0 aliphatic rings. The minimum absolute atomic E-state index is 0.127. The summed E-state index contributed by atoms with van der Waals surface area (Å²) in [6, 6.07) is 7.02. The van der Waals surface area contributed by atoms with E-state index in [9.17, 15) is 22.7 Å². The Morgan fingerprint density at radius 1 is 1.00 bits per heavy atom. The molecule has 2 aromatic carbocycles. The first-order valence-electron chi connectivity index (χ1n) is 6.32. The molecular formula is C16H14F4O. The summed E-state index contributed by atoms with van der Waals surface area (Å²) in [6.45, 7) is 3.23. The second-order valence-electron chi connectivity index (χ2n) is 4.98. The molecule has 0 aliphatic carbocycles. The molecule has 0 amide bonds. The third-order valence-corrected chi connectivity index (χ3v) is 3.36. The Balaban J connectivity index is 2.48. The lowest BCUT2D eigenvalue weighted by atomic mass is 9.92. The molecule has 112 valence electrons. The Labute approximate surface area is 119 Å². The molecular weight excluding hydrogens is 284 g/mol. The van der Waals surface area contributed by atoms with Crippen LogP contribution in [-0.2, 0) is 6.18 Å². The van der Waals surface area contributed by atoms with Crippen LogP contribution in [0.5, 0.6) is 0 Å². The van der Waals surface area contributed by atoms with E-state index in [1.54, 1.807) is 13.8 Å². The zero-order valence-corrected chi connectivity index (χ0v) is 11.5. The minimum atomic E-state index is -4.47. The number of alkyl halides is 3.